The third-order valence-electron chi connectivity index (χ3n) is 3.55. The maximum absolute atomic E-state index is 12.0. The van der Waals surface area contributed by atoms with Crippen molar-refractivity contribution in [1.82, 2.24) is 4.90 Å². The van der Waals surface area contributed by atoms with Gasteiger partial charge in [-0.3, -0.25) is 4.79 Å². The molecule has 0 spiro atoms. The number of rotatable bonds is 3. The van der Waals surface area contributed by atoms with E-state index >= 15 is 0 Å². The minimum absolute atomic E-state index is 0.170. The molecule has 1 heterocycles. The lowest BCUT2D eigenvalue weighted by Gasteiger charge is -2.20. The first-order valence-electron chi connectivity index (χ1n) is 6.69. The molecule has 1 atom stereocenters. The minimum atomic E-state index is -0.391. The Morgan fingerprint density at radius 2 is 1.83 bits per heavy atom. The van der Waals surface area contributed by atoms with Gasteiger partial charge in [0.05, 0.1) is 6.10 Å². The van der Waals surface area contributed by atoms with Crippen molar-refractivity contribution in [3.05, 3.63) is 35.4 Å². The van der Waals surface area contributed by atoms with Crippen LogP contribution in [-0.2, 0) is 17.6 Å². The number of benzene rings is 1. The highest BCUT2D eigenvalue weighted by molar-refractivity contribution is 5.76. The van der Waals surface area contributed by atoms with Gasteiger partial charge in [-0.1, -0.05) is 24.3 Å². The van der Waals surface area contributed by atoms with Gasteiger partial charge >= 0.3 is 0 Å². The maximum atomic E-state index is 12.0. The lowest BCUT2D eigenvalue weighted by molar-refractivity contribution is -0.131. The molecule has 1 aromatic rings. The average molecular weight is 247 g/mol. The van der Waals surface area contributed by atoms with E-state index in [1.54, 1.807) is 6.92 Å². The van der Waals surface area contributed by atoms with Crippen molar-refractivity contribution in [1.29, 1.82) is 0 Å². The lowest BCUT2D eigenvalue weighted by atomic mass is 10.0. The summed E-state index contributed by atoms with van der Waals surface area (Å²) in [6.45, 7) is 3.33. The molecule has 0 saturated heterocycles. The van der Waals surface area contributed by atoms with E-state index < -0.39 is 6.10 Å². The zero-order chi connectivity index (χ0) is 13.0. The van der Waals surface area contributed by atoms with Gasteiger partial charge in [-0.25, -0.2) is 0 Å². The van der Waals surface area contributed by atoms with Gasteiger partial charge in [0.25, 0.3) is 0 Å². The summed E-state index contributed by atoms with van der Waals surface area (Å²) >= 11 is 0. The second-order valence-electron chi connectivity index (χ2n) is 5.04. The first-order chi connectivity index (χ1) is 8.66. The van der Waals surface area contributed by atoms with E-state index in [4.69, 9.17) is 0 Å². The number of amides is 1. The molecule has 1 aromatic carbocycles. The number of aliphatic hydroxyl groups excluding tert-OH is 1. The van der Waals surface area contributed by atoms with Crippen LogP contribution in [0.1, 0.15) is 30.9 Å². The zero-order valence-corrected chi connectivity index (χ0v) is 10.9. The highest BCUT2D eigenvalue weighted by Gasteiger charge is 2.18. The van der Waals surface area contributed by atoms with Crippen LogP contribution < -0.4 is 0 Å². The standard InChI is InChI=1S/C15H21NO2/c1-12(17)6-7-15(18)16-10-8-13-4-2-3-5-14(13)9-11-16/h2-5,12,17H,6-11H2,1H3. The number of aliphatic hydroxyl groups is 1. The quantitative estimate of drug-likeness (QED) is 0.884. The van der Waals surface area contributed by atoms with Gasteiger partial charge in [0, 0.05) is 19.5 Å². The molecule has 3 heteroatoms. The number of carbonyl (C=O) groups excluding carboxylic acids is 1. The third kappa shape index (κ3) is 3.33. The predicted octanol–water partition coefficient (Wildman–Crippen LogP) is 1.77. The molecule has 98 valence electrons. The maximum Gasteiger partial charge on any atom is 0.222 e. The zero-order valence-electron chi connectivity index (χ0n) is 10.9. The molecule has 0 bridgehead atoms. The first kappa shape index (κ1) is 13.1. The van der Waals surface area contributed by atoms with Crippen LogP contribution >= 0.6 is 0 Å². The normalized spacial score (nSPS) is 16.9. The highest BCUT2D eigenvalue weighted by Crippen LogP contribution is 2.16. The summed E-state index contributed by atoms with van der Waals surface area (Å²) < 4.78 is 0. The summed E-state index contributed by atoms with van der Waals surface area (Å²) in [5.41, 5.74) is 2.73. The molecule has 0 radical (unpaired) electrons. The molecule has 0 aliphatic carbocycles. The molecule has 1 amide bonds. The van der Waals surface area contributed by atoms with Gasteiger partial charge in [0.15, 0.2) is 0 Å². The number of nitrogens with zero attached hydrogens (tertiary/aromatic N) is 1. The average Bonchev–Trinajstić information content (AvgIpc) is 2.58. The van der Waals surface area contributed by atoms with Crippen LogP contribution in [0.5, 0.6) is 0 Å². The molecule has 0 aromatic heterocycles. The summed E-state index contributed by atoms with van der Waals surface area (Å²) in [7, 11) is 0. The van der Waals surface area contributed by atoms with E-state index in [-0.39, 0.29) is 5.91 Å². The smallest absolute Gasteiger partial charge is 0.222 e. The Hall–Kier alpha value is -1.35. The van der Waals surface area contributed by atoms with Gasteiger partial charge in [0.1, 0.15) is 0 Å². The topological polar surface area (TPSA) is 40.5 Å². The SMILES string of the molecule is CC(O)CCC(=O)N1CCc2ccccc2CC1. The van der Waals surface area contributed by atoms with Crippen molar-refractivity contribution in [2.24, 2.45) is 0 Å². The molecule has 1 aliphatic rings. The number of carbonyl (C=O) groups is 1. The van der Waals surface area contributed by atoms with E-state index in [1.807, 2.05) is 4.90 Å². The minimum Gasteiger partial charge on any atom is -0.393 e. The number of hydrogen-bond donors (Lipinski definition) is 1. The first-order valence-corrected chi connectivity index (χ1v) is 6.69. The third-order valence-corrected chi connectivity index (χ3v) is 3.55. The summed E-state index contributed by atoms with van der Waals surface area (Å²) in [5, 5.41) is 9.23. The van der Waals surface area contributed by atoms with Crippen molar-refractivity contribution in [2.45, 2.75) is 38.7 Å². The number of fused-ring (bicyclic) bond motifs is 1. The van der Waals surface area contributed by atoms with E-state index in [0.717, 1.165) is 25.9 Å². The molecule has 3 nitrogen and oxygen atoms in total. The Morgan fingerprint density at radius 3 is 2.33 bits per heavy atom. The lowest BCUT2D eigenvalue weighted by Crippen LogP contribution is -2.33. The van der Waals surface area contributed by atoms with E-state index in [0.29, 0.717) is 12.8 Å². The Kier molecular flexibility index (Phi) is 4.37. The fourth-order valence-electron chi connectivity index (χ4n) is 2.41. The van der Waals surface area contributed by atoms with Gasteiger partial charge in [-0.15, -0.1) is 0 Å². The summed E-state index contributed by atoms with van der Waals surface area (Å²) in [4.78, 5) is 14.0. The van der Waals surface area contributed by atoms with Crippen LogP contribution in [0.25, 0.3) is 0 Å². The van der Waals surface area contributed by atoms with Crippen molar-refractivity contribution in [3.8, 4) is 0 Å². The van der Waals surface area contributed by atoms with E-state index in [9.17, 15) is 9.90 Å². The molecule has 1 unspecified atom stereocenters. The van der Waals surface area contributed by atoms with Crippen LogP contribution in [0.2, 0.25) is 0 Å². The molecule has 18 heavy (non-hydrogen) atoms. The van der Waals surface area contributed by atoms with Gasteiger partial charge < -0.3 is 10.0 Å². The van der Waals surface area contributed by atoms with Crippen LogP contribution in [0.4, 0.5) is 0 Å². The van der Waals surface area contributed by atoms with E-state index in [2.05, 4.69) is 24.3 Å². The Labute approximate surface area is 108 Å². The van der Waals surface area contributed by atoms with Crippen LogP contribution in [0, 0.1) is 0 Å². The Morgan fingerprint density at radius 1 is 1.28 bits per heavy atom. The molecule has 1 aliphatic heterocycles. The van der Waals surface area contributed by atoms with Crippen LogP contribution in [-0.4, -0.2) is 35.1 Å². The Bertz CT molecular complexity index is 388. The summed E-state index contributed by atoms with van der Waals surface area (Å²) in [6, 6.07) is 8.42. The summed E-state index contributed by atoms with van der Waals surface area (Å²) in [5.74, 6) is 0.170. The van der Waals surface area contributed by atoms with Crippen LogP contribution in [0.3, 0.4) is 0 Å². The van der Waals surface area contributed by atoms with Gasteiger partial charge in [-0.05, 0) is 37.3 Å². The highest BCUT2D eigenvalue weighted by atomic mass is 16.3. The fraction of sp³-hybridized carbons (Fsp3) is 0.533. The van der Waals surface area contributed by atoms with E-state index in [1.165, 1.54) is 11.1 Å². The molecular formula is C15H21NO2. The van der Waals surface area contributed by atoms with Gasteiger partial charge in [-0.2, -0.15) is 0 Å². The molecule has 0 saturated carbocycles. The van der Waals surface area contributed by atoms with Crippen molar-refractivity contribution in [3.63, 3.8) is 0 Å². The van der Waals surface area contributed by atoms with Crippen molar-refractivity contribution >= 4 is 5.91 Å². The molecule has 1 N–H and O–H groups in total. The second kappa shape index (κ2) is 6.01. The monoisotopic (exact) mass is 247 g/mol. The largest absolute Gasteiger partial charge is 0.393 e. The van der Waals surface area contributed by atoms with Crippen LogP contribution in [0.15, 0.2) is 24.3 Å². The molecular weight excluding hydrogens is 226 g/mol. The van der Waals surface area contributed by atoms with Gasteiger partial charge in [0.2, 0.25) is 5.91 Å². The van der Waals surface area contributed by atoms with Crippen molar-refractivity contribution in [2.75, 3.05) is 13.1 Å². The fourth-order valence-corrected chi connectivity index (χ4v) is 2.41. The van der Waals surface area contributed by atoms with Crippen molar-refractivity contribution < 1.29 is 9.90 Å². The Balaban J connectivity index is 1.93. The predicted molar refractivity (Wildman–Crippen MR) is 71.3 cm³/mol. The molecule has 2 rings (SSSR count). The summed E-state index contributed by atoms with van der Waals surface area (Å²) in [6.07, 6.45) is 2.50. The second-order valence-corrected chi connectivity index (χ2v) is 5.04. The number of hydrogen-bond acceptors (Lipinski definition) is 2. The molecule has 0 fully saturated rings.